The van der Waals surface area contributed by atoms with E-state index in [1.807, 2.05) is 7.05 Å². The summed E-state index contributed by atoms with van der Waals surface area (Å²) in [5, 5.41) is 9.47. The molecule has 1 aromatic heterocycles. The van der Waals surface area contributed by atoms with Gasteiger partial charge >= 0.3 is 0 Å². The highest BCUT2D eigenvalue weighted by molar-refractivity contribution is 7.89. The van der Waals surface area contributed by atoms with Gasteiger partial charge in [0.2, 0.25) is 10.0 Å². The fraction of sp³-hybridized carbons (Fsp3) is 0.615. The molecule has 2 heterocycles. The average Bonchev–Trinajstić information content (AvgIpc) is 2.46. The lowest BCUT2D eigenvalue weighted by Gasteiger charge is -2.36. The zero-order valence-corrected chi connectivity index (χ0v) is 13.5. The standard InChI is InChI=1S/C13H20ClN3O3S/c1-16-6-4-11(5-7-16)17(8-9-18)21(19,20)12-2-3-13(14)15-10-12/h2-3,10-11,18H,4-9H2,1H3. The van der Waals surface area contributed by atoms with Crippen molar-refractivity contribution in [2.75, 3.05) is 33.3 Å². The Morgan fingerprint density at radius 1 is 1.43 bits per heavy atom. The molecule has 1 fully saturated rings. The van der Waals surface area contributed by atoms with Crippen LogP contribution in [0, 0.1) is 0 Å². The summed E-state index contributed by atoms with van der Waals surface area (Å²) in [4.78, 5) is 6.12. The van der Waals surface area contributed by atoms with Gasteiger partial charge in [-0.15, -0.1) is 0 Å². The molecular weight excluding hydrogens is 314 g/mol. The number of nitrogens with zero attached hydrogens (tertiary/aromatic N) is 3. The molecule has 0 atom stereocenters. The molecule has 0 spiro atoms. The fourth-order valence-corrected chi connectivity index (χ4v) is 4.26. The van der Waals surface area contributed by atoms with Crippen LogP contribution in [0.15, 0.2) is 23.2 Å². The zero-order valence-electron chi connectivity index (χ0n) is 11.9. The molecular formula is C13H20ClN3O3S. The van der Waals surface area contributed by atoms with Crippen molar-refractivity contribution in [3.63, 3.8) is 0 Å². The molecule has 0 bridgehead atoms. The molecule has 0 unspecified atom stereocenters. The number of hydrogen-bond donors (Lipinski definition) is 1. The summed E-state index contributed by atoms with van der Waals surface area (Å²) in [6.45, 7) is 1.59. The molecule has 1 N–H and O–H groups in total. The summed E-state index contributed by atoms with van der Waals surface area (Å²) in [7, 11) is -1.65. The molecule has 0 saturated carbocycles. The van der Waals surface area contributed by atoms with E-state index in [0.29, 0.717) is 0 Å². The van der Waals surface area contributed by atoms with Gasteiger partial charge in [-0.3, -0.25) is 0 Å². The van der Waals surface area contributed by atoms with E-state index in [2.05, 4.69) is 9.88 Å². The van der Waals surface area contributed by atoms with Crippen molar-refractivity contribution in [2.45, 2.75) is 23.8 Å². The summed E-state index contributed by atoms with van der Waals surface area (Å²) in [5.74, 6) is 0. The van der Waals surface area contributed by atoms with Crippen LogP contribution in [0.4, 0.5) is 0 Å². The van der Waals surface area contributed by atoms with Gasteiger partial charge in [0.1, 0.15) is 10.0 Å². The molecule has 1 saturated heterocycles. The first kappa shape index (κ1) is 16.6. The molecule has 8 heteroatoms. The van der Waals surface area contributed by atoms with Crippen molar-refractivity contribution in [1.29, 1.82) is 0 Å². The molecule has 0 aliphatic carbocycles. The van der Waals surface area contributed by atoms with Gasteiger partial charge in [0.15, 0.2) is 0 Å². The van der Waals surface area contributed by atoms with Crippen LogP contribution in [-0.4, -0.2) is 67.0 Å². The number of aliphatic hydroxyl groups excluding tert-OH is 1. The summed E-state index contributed by atoms with van der Waals surface area (Å²) < 4.78 is 26.9. The van der Waals surface area contributed by atoms with Crippen molar-refractivity contribution in [1.82, 2.24) is 14.2 Å². The van der Waals surface area contributed by atoms with E-state index in [-0.39, 0.29) is 29.2 Å². The van der Waals surface area contributed by atoms with Gasteiger partial charge in [-0.25, -0.2) is 13.4 Å². The Labute approximate surface area is 130 Å². The van der Waals surface area contributed by atoms with Crippen LogP contribution in [0.5, 0.6) is 0 Å². The monoisotopic (exact) mass is 333 g/mol. The molecule has 0 radical (unpaired) electrons. The molecule has 118 valence electrons. The first-order valence-electron chi connectivity index (χ1n) is 6.88. The number of likely N-dealkylation sites (tertiary alicyclic amines) is 1. The first-order valence-corrected chi connectivity index (χ1v) is 8.70. The number of aromatic nitrogens is 1. The molecule has 0 amide bonds. The Kier molecular flexibility index (Phi) is 5.56. The summed E-state index contributed by atoms with van der Waals surface area (Å²) in [6.07, 6.45) is 2.78. The number of halogens is 1. The third kappa shape index (κ3) is 3.92. The number of sulfonamides is 1. The normalized spacial score (nSPS) is 18.3. The van der Waals surface area contributed by atoms with E-state index in [1.54, 1.807) is 0 Å². The van der Waals surface area contributed by atoms with Crippen LogP contribution < -0.4 is 0 Å². The largest absolute Gasteiger partial charge is 0.395 e. The van der Waals surface area contributed by atoms with Gasteiger partial charge < -0.3 is 10.0 Å². The van der Waals surface area contributed by atoms with Gasteiger partial charge in [0.05, 0.1) is 6.61 Å². The fourth-order valence-electron chi connectivity index (χ4n) is 2.53. The van der Waals surface area contributed by atoms with Crippen LogP contribution in [0.25, 0.3) is 0 Å². The number of hydrogen-bond acceptors (Lipinski definition) is 5. The van der Waals surface area contributed by atoms with Crippen LogP contribution in [0.1, 0.15) is 12.8 Å². The second kappa shape index (κ2) is 7.02. The Bertz CT molecular complexity index is 557. The van der Waals surface area contributed by atoms with Gasteiger partial charge in [-0.2, -0.15) is 4.31 Å². The van der Waals surface area contributed by atoms with Crippen LogP contribution in [-0.2, 0) is 10.0 Å². The predicted molar refractivity (Wildman–Crippen MR) is 80.7 cm³/mol. The first-order chi connectivity index (χ1) is 9.95. The lowest BCUT2D eigenvalue weighted by molar-refractivity contribution is 0.161. The van der Waals surface area contributed by atoms with E-state index in [4.69, 9.17) is 11.6 Å². The van der Waals surface area contributed by atoms with E-state index in [9.17, 15) is 13.5 Å². The Morgan fingerprint density at radius 2 is 2.10 bits per heavy atom. The highest BCUT2D eigenvalue weighted by Crippen LogP contribution is 2.23. The molecule has 21 heavy (non-hydrogen) atoms. The zero-order chi connectivity index (χ0) is 15.5. The van der Waals surface area contributed by atoms with Gasteiger partial charge in [-0.1, -0.05) is 11.6 Å². The lowest BCUT2D eigenvalue weighted by Crippen LogP contribution is -2.47. The minimum Gasteiger partial charge on any atom is -0.395 e. The Balaban J connectivity index is 2.25. The maximum Gasteiger partial charge on any atom is 0.244 e. The van der Waals surface area contributed by atoms with E-state index in [0.717, 1.165) is 25.9 Å². The summed E-state index contributed by atoms with van der Waals surface area (Å²) in [5.41, 5.74) is 0. The molecule has 1 aliphatic rings. The highest BCUT2D eigenvalue weighted by atomic mass is 35.5. The quantitative estimate of drug-likeness (QED) is 0.807. The van der Waals surface area contributed by atoms with Crippen molar-refractivity contribution in [3.05, 3.63) is 23.5 Å². The lowest BCUT2D eigenvalue weighted by atomic mass is 10.1. The summed E-state index contributed by atoms with van der Waals surface area (Å²) >= 11 is 5.70. The van der Waals surface area contributed by atoms with Gasteiger partial charge in [0, 0.05) is 18.8 Å². The average molecular weight is 334 g/mol. The predicted octanol–water partition coefficient (Wildman–Crippen LogP) is 0.812. The van der Waals surface area contributed by atoms with Crippen molar-refractivity contribution in [2.24, 2.45) is 0 Å². The topological polar surface area (TPSA) is 73.7 Å². The molecule has 1 aliphatic heterocycles. The van der Waals surface area contributed by atoms with Crippen molar-refractivity contribution >= 4 is 21.6 Å². The van der Waals surface area contributed by atoms with Gasteiger partial charge in [0.25, 0.3) is 0 Å². The highest BCUT2D eigenvalue weighted by Gasteiger charge is 2.33. The number of aliphatic hydroxyl groups is 1. The number of rotatable bonds is 5. The number of pyridine rings is 1. The second-order valence-electron chi connectivity index (χ2n) is 5.19. The smallest absolute Gasteiger partial charge is 0.244 e. The molecule has 6 nitrogen and oxygen atoms in total. The number of piperidine rings is 1. The molecule has 0 aromatic carbocycles. The maximum atomic E-state index is 12.7. The maximum absolute atomic E-state index is 12.7. The molecule has 2 rings (SSSR count). The minimum atomic E-state index is -3.66. The Hall–Kier alpha value is -0.730. The molecule has 1 aromatic rings. The summed E-state index contributed by atoms with van der Waals surface area (Å²) in [6, 6.07) is 2.82. The van der Waals surface area contributed by atoms with Crippen molar-refractivity contribution in [3.8, 4) is 0 Å². The third-order valence-electron chi connectivity index (χ3n) is 3.72. The SMILES string of the molecule is CN1CCC(N(CCO)S(=O)(=O)c2ccc(Cl)nc2)CC1. The van der Waals surface area contributed by atoms with Crippen molar-refractivity contribution < 1.29 is 13.5 Å². The van der Waals surface area contributed by atoms with E-state index >= 15 is 0 Å². The third-order valence-corrected chi connectivity index (χ3v) is 5.88. The Morgan fingerprint density at radius 3 is 2.62 bits per heavy atom. The van der Waals surface area contributed by atoms with Crippen LogP contribution >= 0.6 is 11.6 Å². The second-order valence-corrected chi connectivity index (χ2v) is 7.47. The van der Waals surface area contributed by atoms with Crippen LogP contribution in [0.3, 0.4) is 0 Å². The van der Waals surface area contributed by atoms with E-state index < -0.39 is 10.0 Å². The minimum absolute atomic E-state index is 0.0889. The van der Waals surface area contributed by atoms with Gasteiger partial charge in [-0.05, 0) is 45.1 Å². The van der Waals surface area contributed by atoms with E-state index in [1.165, 1.54) is 22.6 Å². The van der Waals surface area contributed by atoms with Crippen LogP contribution in [0.2, 0.25) is 5.15 Å².